The van der Waals surface area contributed by atoms with Crippen LogP contribution in [0.4, 0.5) is 0 Å². The molecule has 2 nitrogen and oxygen atoms in total. The molecular formula is C16H21NO. The van der Waals surface area contributed by atoms with Gasteiger partial charge >= 0.3 is 0 Å². The van der Waals surface area contributed by atoms with Crippen LogP contribution in [0.25, 0.3) is 0 Å². The summed E-state index contributed by atoms with van der Waals surface area (Å²) in [6.07, 6.45) is 0. The van der Waals surface area contributed by atoms with Gasteiger partial charge in [0, 0.05) is 0 Å². The summed E-state index contributed by atoms with van der Waals surface area (Å²) in [5.74, 6) is 2.00. The van der Waals surface area contributed by atoms with E-state index in [1.54, 1.807) is 0 Å². The van der Waals surface area contributed by atoms with Crippen molar-refractivity contribution < 1.29 is 4.42 Å². The first-order valence-corrected chi connectivity index (χ1v) is 6.49. The molecule has 1 aromatic carbocycles. The second-order valence-corrected chi connectivity index (χ2v) is 4.74. The molecule has 18 heavy (non-hydrogen) atoms. The SMILES string of the molecule is CCNC(c1cc(C)c(C)o1)c1ccccc1C. The van der Waals surface area contributed by atoms with Gasteiger partial charge in [-0.2, -0.15) is 0 Å². The van der Waals surface area contributed by atoms with Crippen LogP contribution in [0.15, 0.2) is 34.7 Å². The lowest BCUT2D eigenvalue weighted by atomic mass is 9.99. The summed E-state index contributed by atoms with van der Waals surface area (Å²) in [5.41, 5.74) is 3.78. The van der Waals surface area contributed by atoms with E-state index in [4.69, 9.17) is 4.42 Å². The third kappa shape index (κ3) is 2.49. The molecule has 1 aromatic heterocycles. The summed E-state index contributed by atoms with van der Waals surface area (Å²) in [6.45, 7) is 9.27. The Morgan fingerprint density at radius 1 is 1.11 bits per heavy atom. The monoisotopic (exact) mass is 243 g/mol. The van der Waals surface area contributed by atoms with Crippen molar-refractivity contribution in [2.24, 2.45) is 0 Å². The molecule has 1 heterocycles. The third-order valence-electron chi connectivity index (χ3n) is 3.38. The fourth-order valence-electron chi connectivity index (χ4n) is 2.22. The zero-order chi connectivity index (χ0) is 13.1. The van der Waals surface area contributed by atoms with Gasteiger partial charge in [-0.1, -0.05) is 31.2 Å². The van der Waals surface area contributed by atoms with Crippen LogP contribution in [0.3, 0.4) is 0 Å². The normalized spacial score (nSPS) is 12.7. The highest BCUT2D eigenvalue weighted by Crippen LogP contribution is 2.27. The van der Waals surface area contributed by atoms with Gasteiger partial charge in [0.1, 0.15) is 11.5 Å². The molecular weight excluding hydrogens is 222 g/mol. The van der Waals surface area contributed by atoms with Crippen molar-refractivity contribution in [2.45, 2.75) is 33.7 Å². The number of rotatable bonds is 4. The predicted molar refractivity (Wildman–Crippen MR) is 74.9 cm³/mol. The highest BCUT2D eigenvalue weighted by molar-refractivity contribution is 5.35. The van der Waals surface area contributed by atoms with E-state index in [9.17, 15) is 0 Å². The highest BCUT2D eigenvalue weighted by atomic mass is 16.3. The van der Waals surface area contributed by atoms with E-state index in [-0.39, 0.29) is 6.04 Å². The van der Waals surface area contributed by atoms with Crippen LogP contribution in [-0.4, -0.2) is 6.54 Å². The van der Waals surface area contributed by atoms with Gasteiger partial charge in [-0.3, -0.25) is 0 Å². The van der Waals surface area contributed by atoms with Crippen molar-refractivity contribution in [3.63, 3.8) is 0 Å². The smallest absolute Gasteiger partial charge is 0.125 e. The molecule has 0 amide bonds. The molecule has 1 atom stereocenters. The Bertz CT molecular complexity index is 508. The van der Waals surface area contributed by atoms with E-state index in [1.807, 2.05) is 6.92 Å². The number of hydrogen-bond donors (Lipinski definition) is 1. The number of nitrogens with one attached hydrogen (secondary N) is 1. The fourth-order valence-corrected chi connectivity index (χ4v) is 2.22. The van der Waals surface area contributed by atoms with E-state index >= 15 is 0 Å². The van der Waals surface area contributed by atoms with E-state index < -0.39 is 0 Å². The molecule has 0 saturated carbocycles. The molecule has 96 valence electrons. The minimum absolute atomic E-state index is 0.142. The van der Waals surface area contributed by atoms with Crippen molar-refractivity contribution in [3.05, 3.63) is 58.5 Å². The van der Waals surface area contributed by atoms with Crippen LogP contribution >= 0.6 is 0 Å². The molecule has 0 saturated heterocycles. The van der Waals surface area contributed by atoms with Gasteiger partial charge in [0.05, 0.1) is 6.04 Å². The Labute approximate surface area is 109 Å². The van der Waals surface area contributed by atoms with Gasteiger partial charge in [0.15, 0.2) is 0 Å². The molecule has 0 aliphatic carbocycles. The molecule has 0 aliphatic heterocycles. The summed E-state index contributed by atoms with van der Waals surface area (Å²) in [6, 6.07) is 10.7. The molecule has 0 spiro atoms. The van der Waals surface area contributed by atoms with Gasteiger partial charge in [-0.15, -0.1) is 0 Å². The van der Waals surface area contributed by atoms with Gasteiger partial charge < -0.3 is 9.73 Å². The van der Waals surface area contributed by atoms with Crippen molar-refractivity contribution in [3.8, 4) is 0 Å². The summed E-state index contributed by atoms with van der Waals surface area (Å²) >= 11 is 0. The van der Waals surface area contributed by atoms with Crippen molar-refractivity contribution in [1.82, 2.24) is 5.32 Å². The molecule has 1 unspecified atom stereocenters. The van der Waals surface area contributed by atoms with Gasteiger partial charge in [-0.05, 0) is 50.1 Å². The first kappa shape index (κ1) is 12.9. The van der Waals surface area contributed by atoms with Gasteiger partial charge in [0.25, 0.3) is 0 Å². The van der Waals surface area contributed by atoms with Crippen LogP contribution in [0.2, 0.25) is 0 Å². The summed E-state index contributed by atoms with van der Waals surface area (Å²) in [5, 5.41) is 3.50. The molecule has 0 bridgehead atoms. The Morgan fingerprint density at radius 3 is 2.39 bits per heavy atom. The minimum Gasteiger partial charge on any atom is -0.464 e. The van der Waals surface area contributed by atoms with Crippen LogP contribution in [0.5, 0.6) is 0 Å². The number of benzene rings is 1. The largest absolute Gasteiger partial charge is 0.464 e. The van der Waals surface area contributed by atoms with Gasteiger partial charge in [-0.25, -0.2) is 0 Å². The second-order valence-electron chi connectivity index (χ2n) is 4.74. The summed E-state index contributed by atoms with van der Waals surface area (Å²) < 4.78 is 5.88. The lowest BCUT2D eigenvalue weighted by molar-refractivity contribution is 0.433. The Balaban J connectivity index is 2.43. The van der Waals surface area contributed by atoms with Crippen LogP contribution in [0, 0.1) is 20.8 Å². The maximum Gasteiger partial charge on any atom is 0.125 e. The molecule has 0 radical (unpaired) electrons. The van der Waals surface area contributed by atoms with E-state index in [0.29, 0.717) is 0 Å². The van der Waals surface area contributed by atoms with Crippen LogP contribution in [0.1, 0.15) is 41.2 Å². The van der Waals surface area contributed by atoms with E-state index in [2.05, 4.69) is 56.4 Å². The number of aryl methyl sites for hydroxylation is 3. The molecule has 2 heteroatoms. The zero-order valence-electron chi connectivity index (χ0n) is 11.6. The fraction of sp³-hybridized carbons (Fsp3) is 0.375. The molecule has 1 N–H and O–H groups in total. The standard InChI is InChI=1S/C16H21NO/c1-5-17-16(14-9-7-6-8-11(14)2)15-10-12(3)13(4)18-15/h6-10,16-17H,5H2,1-4H3. The summed E-state index contributed by atoms with van der Waals surface area (Å²) in [7, 11) is 0. The average Bonchev–Trinajstić information content (AvgIpc) is 2.68. The number of hydrogen-bond acceptors (Lipinski definition) is 2. The average molecular weight is 243 g/mol. The maximum atomic E-state index is 5.88. The van der Waals surface area contributed by atoms with E-state index in [0.717, 1.165) is 18.1 Å². The van der Waals surface area contributed by atoms with Gasteiger partial charge in [0.2, 0.25) is 0 Å². The van der Waals surface area contributed by atoms with Crippen molar-refractivity contribution >= 4 is 0 Å². The first-order chi connectivity index (χ1) is 8.63. The predicted octanol–water partition coefficient (Wildman–Crippen LogP) is 3.90. The quantitative estimate of drug-likeness (QED) is 0.881. The molecule has 0 aliphatic rings. The van der Waals surface area contributed by atoms with Crippen LogP contribution in [-0.2, 0) is 0 Å². The second kappa shape index (κ2) is 5.40. The topological polar surface area (TPSA) is 25.2 Å². The van der Waals surface area contributed by atoms with E-state index in [1.165, 1.54) is 16.7 Å². The first-order valence-electron chi connectivity index (χ1n) is 6.49. The lowest BCUT2D eigenvalue weighted by Gasteiger charge is -2.18. The highest BCUT2D eigenvalue weighted by Gasteiger charge is 2.19. The number of furan rings is 1. The lowest BCUT2D eigenvalue weighted by Crippen LogP contribution is -2.22. The summed E-state index contributed by atoms with van der Waals surface area (Å²) in [4.78, 5) is 0. The zero-order valence-corrected chi connectivity index (χ0v) is 11.6. The third-order valence-corrected chi connectivity index (χ3v) is 3.38. The molecule has 0 fully saturated rings. The molecule has 2 rings (SSSR count). The Morgan fingerprint density at radius 2 is 1.83 bits per heavy atom. The maximum absolute atomic E-state index is 5.88. The van der Waals surface area contributed by atoms with Crippen LogP contribution < -0.4 is 5.32 Å². The Kier molecular flexibility index (Phi) is 3.87. The minimum atomic E-state index is 0.142. The van der Waals surface area contributed by atoms with Crippen molar-refractivity contribution in [2.75, 3.05) is 6.54 Å². The van der Waals surface area contributed by atoms with Crippen molar-refractivity contribution in [1.29, 1.82) is 0 Å². The molecule has 2 aromatic rings. The Hall–Kier alpha value is -1.54.